The van der Waals surface area contributed by atoms with Gasteiger partial charge in [0.1, 0.15) is 0 Å². The molecule has 1 aliphatic heterocycles. The van der Waals surface area contributed by atoms with E-state index < -0.39 is 9.84 Å². The van der Waals surface area contributed by atoms with Crippen LogP contribution in [0.4, 0.5) is 11.6 Å². The number of sulfone groups is 1. The van der Waals surface area contributed by atoms with Gasteiger partial charge in [0, 0.05) is 54.4 Å². The van der Waals surface area contributed by atoms with E-state index in [0.29, 0.717) is 19.0 Å². The zero-order valence-corrected chi connectivity index (χ0v) is 21.4. The predicted molar refractivity (Wildman–Crippen MR) is 139 cm³/mol. The Morgan fingerprint density at radius 3 is 2.64 bits per heavy atom. The van der Waals surface area contributed by atoms with Crippen LogP contribution in [0.5, 0.6) is 0 Å². The highest BCUT2D eigenvalue weighted by atomic mass is 32.2. The number of carbonyl (C=O) groups is 1. The van der Waals surface area contributed by atoms with Crippen LogP contribution in [-0.4, -0.2) is 74.7 Å². The fraction of sp³-hybridized carbons (Fsp3) is 0.360. The Morgan fingerprint density at radius 2 is 1.92 bits per heavy atom. The normalized spacial score (nSPS) is 16.0. The summed E-state index contributed by atoms with van der Waals surface area (Å²) >= 11 is 0. The predicted octanol–water partition coefficient (Wildman–Crippen LogP) is 3.30. The van der Waals surface area contributed by atoms with Crippen molar-refractivity contribution in [2.75, 3.05) is 36.5 Å². The zero-order chi connectivity index (χ0) is 25.4. The molecule has 11 heteroatoms. The van der Waals surface area contributed by atoms with Crippen molar-refractivity contribution in [3.05, 3.63) is 54.6 Å². The molecular weight excluding hydrogens is 478 g/mol. The lowest BCUT2D eigenvalue weighted by molar-refractivity contribution is 0.0859. The molecule has 0 radical (unpaired) electrons. The highest BCUT2D eigenvalue weighted by Gasteiger charge is 2.23. The summed E-state index contributed by atoms with van der Waals surface area (Å²) in [6.07, 6.45) is 7.34. The van der Waals surface area contributed by atoms with Crippen molar-refractivity contribution in [2.45, 2.75) is 26.8 Å². The lowest BCUT2D eigenvalue weighted by Gasteiger charge is -2.25. The number of hydrogen-bond acceptors (Lipinski definition) is 8. The SMILES string of the molecule is Cc1cnc(Nc2ccc3c(ccn3C(=O)CN3CCS(=O)(=O)CC3)c2)nc1-c1cnn(C(C)C)c1. The van der Waals surface area contributed by atoms with Crippen molar-refractivity contribution in [3.8, 4) is 11.3 Å². The maximum Gasteiger partial charge on any atom is 0.245 e. The van der Waals surface area contributed by atoms with E-state index in [4.69, 9.17) is 4.98 Å². The van der Waals surface area contributed by atoms with E-state index in [1.54, 1.807) is 17.0 Å². The second-order valence-electron chi connectivity index (χ2n) is 9.43. The van der Waals surface area contributed by atoms with Crippen LogP contribution in [0.1, 0.15) is 30.2 Å². The van der Waals surface area contributed by atoms with E-state index in [0.717, 1.165) is 33.4 Å². The number of aryl methyl sites for hydroxylation is 1. The molecule has 188 valence electrons. The van der Waals surface area contributed by atoms with E-state index in [2.05, 4.69) is 29.2 Å². The molecule has 3 aromatic heterocycles. The summed E-state index contributed by atoms with van der Waals surface area (Å²) in [5.74, 6) is 0.594. The molecule has 1 aliphatic rings. The van der Waals surface area contributed by atoms with Gasteiger partial charge in [0.15, 0.2) is 9.84 Å². The minimum Gasteiger partial charge on any atom is -0.324 e. The molecule has 0 spiro atoms. The minimum atomic E-state index is -2.98. The van der Waals surface area contributed by atoms with Gasteiger partial charge in [-0.15, -0.1) is 0 Å². The van der Waals surface area contributed by atoms with Crippen LogP contribution in [0, 0.1) is 6.92 Å². The van der Waals surface area contributed by atoms with Crippen molar-refractivity contribution >= 4 is 38.3 Å². The molecule has 10 nitrogen and oxygen atoms in total. The minimum absolute atomic E-state index is 0.0848. The number of benzene rings is 1. The molecule has 0 bridgehead atoms. The average Bonchev–Trinajstić information content (AvgIpc) is 3.49. The van der Waals surface area contributed by atoms with E-state index in [-0.39, 0.29) is 30.0 Å². The molecule has 0 unspecified atom stereocenters. The van der Waals surface area contributed by atoms with Crippen molar-refractivity contribution in [1.29, 1.82) is 0 Å². The molecule has 1 N–H and O–H groups in total. The average molecular weight is 508 g/mol. The number of nitrogens with zero attached hydrogens (tertiary/aromatic N) is 6. The quantitative estimate of drug-likeness (QED) is 0.423. The molecule has 4 aromatic rings. The molecule has 1 saturated heterocycles. The molecule has 4 heterocycles. The molecule has 0 atom stereocenters. The lowest BCUT2D eigenvalue weighted by Crippen LogP contribution is -2.43. The second-order valence-corrected chi connectivity index (χ2v) is 11.7. The summed E-state index contributed by atoms with van der Waals surface area (Å²) in [6, 6.07) is 7.88. The topological polar surface area (TPSA) is 115 Å². The third-order valence-electron chi connectivity index (χ3n) is 6.39. The van der Waals surface area contributed by atoms with Gasteiger partial charge < -0.3 is 5.32 Å². The van der Waals surface area contributed by atoms with Crippen LogP contribution in [-0.2, 0) is 9.84 Å². The van der Waals surface area contributed by atoms with Crippen LogP contribution < -0.4 is 5.32 Å². The van der Waals surface area contributed by atoms with Gasteiger partial charge in [0.05, 0.1) is 35.5 Å². The summed E-state index contributed by atoms with van der Waals surface area (Å²) in [7, 11) is -2.98. The zero-order valence-electron chi connectivity index (χ0n) is 20.5. The van der Waals surface area contributed by atoms with Crippen LogP contribution in [0.25, 0.3) is 22.2 Å². The maximum absolute atomic E-state index is 12.9. The van der Waals surface area contributed by atoms with Crippen LogP contribution in [0.3, 0.4) is 0 Å². The monoisotopic (exact) mass is 507 g/mol. The first-order chi connectivity index (χ1) is 17.2. The van der Waals surface area contributed by atoms with Gasteiger partial charge in [-0.2, -0.15) is 5.10 Å². The van der Waals surface area contributed by atoms with Gasteiger partial charge in [-0.3, -0.25) is 18.9 Å². The number of fused-ring (bicyclic) bond motifs is 1. The Bertz CT molecular complexity index is 1520. The van der Waals surface area contributed by atoms with Crippen molar-refractivity contribution in [1.82, 2.24) is 29.2 Å². The molecule has 0 amide bonds. The van der Waals surface area contributed by atoms with Gasteiger partial charge >= 0.3 is 0 Å². The number of aromatic nitrogens is 5. The smallest absolute Gasteiger partial charge is 0.245 e. The highest BCUT2D eigenvalue weighted by Crippen LogP contribution is 2.26. The Morgan fingerprint density at radius 1 is 1.14 bits per heavy atom. The lowest BCUT2D eigenvalue weighted by atomic mass is 10.1. The second kappa shape index (κ2) is 9.47. The van der Waals surface area contributed by atoms with Crippen LogP contribution >= 0.6 is 0 Å². The maximum atomic E-state index is 12.9. The first-order valence-electron chi connectivity index (χ1n) is 11.9. The first kappa shape index (κ1) is 24.1. The third kappa shape index (κ3) is 5.02. The number of nitrogens with one attached hydrogen (secondary N) is 1. The number of rotatable bonds is 6. The van der Waals surface area contributed by atoms with Gasteiger partial charge in [-0.05, 0) is 50.6 Å². The number of hydrogen-bond donors (Lipinski definition) is 1. The van der Waals surface area contributed by atoms with Crippen molar-refractivity contribution in [3.63, 3.8) is 0 Å². The molecule has 0 saturated carbocycles. The summed E-state index contributed by atoms with van der Waals surface area (Å²) in [4.78, 5) is 23.9. The van der Waals surface area contributed by atoms with Gasteiger partial charge in [0.2, 0.25) is 11.9 Å². The fourth-order valence-corrected chi connectivity index (χ4v) is 5.56. The molecule has 1 fully saturated rings. The molecule has 0 aliphatic carbocycles. The Kier molecular flexibility index (Phi) is 6.35. The van der Waals surface area contributed by atoms with Crippen LogP contribution in [0.15, 0.2) is 49.1 Å². The summed E-state index contributed by atoms with van der Waals surface area (Å²) < 4.78 is 26.8. The van der Waals surface area contributed by atoms with E-state index in [9.17, 15) is 13.2 Å². The van der Waals surface area contributed by atoms with E-state index >= 15 is 0 Å². The number of carbonyl (C=O) groups excluding carboxylic acids is 1. The molecular formula is C25H29N7O3S. The molecule has 1 aromatic carbocycles. The summed E-state index contributed by atoms with van der Waals surface area (Å²) in [5, 5.41) is 8.59. The van der Waals surface area contributed by atoms with Gasteiger partial charge in [-0.1, -0.05) is 0 Å². The standard InChI is InChI=1S/C25H29N7O3S/c1-17(2)32-15-20(14-27-32)24-18(3)13-26-25(29-24)28-21-4-5-22-19(12-21)6-7-31(22)23(33)16-30-8-10-36(34,35)11-9-30/h4-7,12-15,17H,8-11,16H2,1-3H3,(H,26,28,29). The Balaban J connectivity index is 1.32. The van der Waals surface area contributed by atoms with Gasteiger partial charge in [-0.25, -0.2) is 18.4 Å². The van der Waals surface area contributed by atoms with Crippen molar-refractivity contribution in [2.24, 2.45) is 0 Å². The largest absolute Gasteiger partial charge is 0.324 e. The number of anilines is 2. The fourth-order valence-electron chi connectivity index (χ4n) is 4.28. The van der Waals surface area contributed by atoms with Gasteiger partial charge in [0.25, 0.3) is 0 Å². The van der Waals surface area contributed by atoms with E-state index in [1.165, 1.54) is 0 Å². The van der Waals surface area contributed by atoms with Crippen LogP contribution in [0.2, 0.25) is 0 Å². The molecule has 36 heavy (non-hydrogen) atoms. The molecule has 5 rings (SSSR count). The Labute approximate surface area is 209 Å². The first-order valence-corrected chi connectivity index (χ1v) is 13.7. The third-order valence-corrected chi connectivity index (χ3v) is 8.00. The Hall–Kier alpha value is -3.57. The van der Waals surface area contributed by atoms with Crippen molar-refractivity contribution < 1.29 is 13.2 Å². The van der Waals surface area contributed by atoms with E-state index in [1.807, 2.05) is 53.2 Å². The highest BCUT2D eigenvalue weighted by molar-refractivity contribution is 7.91. The summed E-state index contributed by atoms with van der Waals surface area (Å²) in [6.45, 7) is 7.09. The summed E-state index contributed by atoms with van der Waals surface area (Å²) in [5.41, 5.74) is 4.32.